The number of aliphatic carboxylic acids is 3. The Labute approximate surface area is 161 Å². The molecule has 0 aliphatic rings. The van der Waals surface area contributed by atoms with Crippen molar-refractivity contribution in [1.29, 1.82) is 0 Å². The maximum atomic E-state index is 9.00. The SMILES string of the molecule is CC(=O)O.CC(=O)O.CC(=O)O.N.[Na+].[Na+].[Na+]. The third-order valence-electron chi connectivity index (χ3n) is 0. The second-order valence-corrected chi connectivity index (χ2v) is 1.56. The van der Waals surface area contributed by atoms with Gasteiger partial charge in [0, 0.05) is 20.8 Å². The van der Waals surface area contributed by atoms with E-state index in [1.165, 1.54) is 0 Å². The van der Waals surface area contributed by atoms with Crippen LogP contribution in [0, 0.1) is 0 Å². The van der Waals surface area contributed by atoms with E-state index >= 15 is 0 Å². The van der Waals surface area contributed by atoms with E-state index in [-0.39, 0.29) is 94.8 Å². The topological polar surface area (TPSA) is 147 Å². The Morgan fingerprint density at radius 1 is 0.625 bits per heavy atom. The van der Waals surface area contributed by atoms with Crippen LogP contribution in [0.4, 0.5) is 0 Å². The van der Waals surface area contributed by atoms with Gasteiger partial charge in [-0.15, -0.1) is 0 Å². The van der Waals surface area contributed by atoms with Crippen LogP contribution in [0.25, 0.3) is 0 Å². The molecule has 0 aliphatic heterocycles. The molecule has 0 aliphatic carbocycles. The van der Waals surface area contributed by atoms with Gasteiger partial charge in [0.25, 0.3) is 17.9 Å². The van der Waals surface area contributed by atoms with E-state index in [4.69, 9.17) is 29.7 Å². The Bertz CT molecular complexity index is 126. The molecule has 0 saturated heterocycles. The molecule has 0 amide bonds. The summed E-state index contributed by atoms with van der Waals surface area (Å²) < 4.78 is 0. The molecule has 0 aromatic heterocycles. The zero-order valence-corrected chi connectivity index (χ0v) is 16.8. The van der Waals surface area contributed by atoms with Gasteiger partial charge < -0.3 is 21.5 Å². The van der Waals surface area contributed by atoms with Crippen molar-refractivity contribution in [3.05, 3.63) is 0 Å². The number of carbonyl (C=O) groups is 3. The van der Waals surface area contributed by atoms with Gasteiger partial charge in [-0.2, -0.15) is 0 Å². The molecule has 0 fully saturated rings. The second kappa shape index (κ2) is 36.0. The summed E-state index contributed by atoms with van der Waals surface area (Å²) in [6.45, 7) is 3.25. The van der Waals surface area contributed by atoms with Gasteiger partial charge in [0.15, 0.2) is 0 Å². The third kappa shape index (κ3) is 1690. The van der Waals surface area contributed by atoms with E-state index in [2.05, 4.69) is 0 Å². The van der Waals surface area contributed by atoms with Crippen LogP contribution in [-0.4, -0.2) is 33.2 Å². The van der Waals surface area contributed by atoms with Crippen molar-refractivity contribution < 1.29 is 118 Å². The van der Waals surface area contributed by atoms with Crippen molar-refractivity contribution in [2.24, 2.45) is 0 Å². The molecule has 0 spiro atoms. The molecule has 0 saturated carbocycles. The summed E-state index contributed by atoms with van der Waals surface area (Å²) in [5.74, 6) is -2.50. The predicted octanol–water partition coefficient (Wildman–Crippen LogP) is -8.55. The van der Waals surface area contributed by atoms with Crippen molar-refractivity contribution in [2.45, 2.75) is 20.8 Å². The van der Waals surface area contributed by atoms with Crippen molar-refractivity contribution in [1.82, 2.24) is 6.15 Å². The molecule has 7 nitrogen and oxygen atoms in total. The van der Waals surface area contributed by atoms with Gasteiger partial charge in [0.1, 0.15) is 0 Å². The molecule has 0 unspecified atom stereocenters. The van der Waals surface area contributed by atoms with Gasteiger partial charge in [0.2, 0.25) is 0 Å². The van der Waals surface area contributed by atoms with E-state index in [0.717, 1.165) is 20.8 Å². The van der Waals surface area contributed by atoms with Gasteiger partial charge in [-0.3, -0.25) is 14.4 Å². The standard InChI is InChI=1S/3C2H4O2.H3N.3Na/c3*1-2(3)4;;;;/h3*1H3,(H,3,4);1H3;;;/q;;;;3*+1. The molecule has 0 bridgehead atoms. The van der Waals surface area contributed by atoms with Crippen molar-refractivity contribution in [3.8, 4) is 0 Å². The maximum absolute atomic E-state index is 9.00. The van der Waals surface area contributed by atoms with Gasteiger partial charge in [0.05, 0.1) is 0 Å². The van der Waals surface area contributed by atoms with E-state index in [1.54, 1.807) is 0 Å². The summed E-state index contributed by atoms with van der Waals surface area (Å²) in [7, 11) is 0. The molecule has 0 radical (unpaired) electrons. The summed E-state index contributed by atoms with van der Waals surface area (Å²) in [4.78, 5) is 27.0. The molecule has 10 heteroatoms. The Morgan fingerprint density at radius 2 is 0.625 bits per heavy atom. The molecule has 0 heterocycles. The molecule has 16 heavy (non-hydrogen) atoms. The van der Waals surface area contributed by atoms with E-state index < -0.39 is 17.9 Å². The van der Waals surface area contributed by atoms with E-state index in [9.17, 15) is 0 Å². The first kappa shape index (κ1) is 43.3. The first-order chi connectivity index (χ1) is 5.20. The molecule has 6 N–H and O–H groups in total. The van der Waals surface area contributed by atoms with Crippen LogP contribution >= 0.6 is 0 Å². The minimum atomic E-state index is -0.833. The van der Waals surface area contributed by atoms with E-state index in [0.29, 0.717) is 0 Å². The van der Waals surface area contributed by atoms with Crippen molar-refractivity contribution >= 4 is 17.9 Å². The Hall–Kier alpha value is 1.37. The van der Waals surface area contributed by atoms with Crippen LogP contribution in [0.3, 0.4) is 0 Å². The van der Waals surface area contributed by atoms with E-state index in [1.807, 2.05) is 0 Å². The fourth-order valence-corrected chi connectivity index (χ4v) is 0. The molecule has 0 aromatic rings. The number of hydrogen-bond donors (Lipinski definition) is 4. The average molecular weight is 266 g/mol. The first-order valence-electron chi connectivity index (χ1n) is 2.78. The van der Waals surface area contributed by atoms with Crippen molar-refractivity contribution in [2.75, 3.05) is 0 Å². The van der Waals surface area contributed by atoms with Crippen LogP contribution in [0.15, 0.2) is 0 Å². The molecule has 0 aromatic carbocycles. The molecular weight excluding hydrogens is 251 g/mol. The van der Waals surface area contributed by atoms with Crippen LogP contribution in [0.1, 0.15) is 20.8 Å². The minimum Gasteiger partial charge on any atom is -0.481 e. The summed E-state index contributed by atoms with van der Waals surface area (Å²) >= 11 is 0. The molecule has 0 rings (SSSR count). The summed E-state index contributed by atoms with van der Waals surface area (Å²) in [5.41, 5.74) is 0. The third-order valence-corrected chi connectivity index (χ3v) is 0. The molecule has 0 atom stereocenters. The number of carboxylic acid groups (broad SMARTS) is 3. The first-order valence-corrected chi connectivity index (χ1v) is 2.78. The van der Waals surface area contributed by atoms with Gasteiger partial charge in [-0.05, 0) is 0 Å². The Balaban J connectivity index is -0.0000000135. The van der Waals surface area contributed by atoms with Gasteiger partial charge in [-0.25, -0.2) is 0 Å². The fraction of sp³-hybridized carbons (Fsp3) is 0.500. The maximum Gasteiger partial charge on any atom is 1.00 e. The number of hydrogen-bond acceptors (Lipinski definition) is 4. The normalized spacial score (nSPS) is 4.69. The van der Waals surface area contributed by atoms with Crippen LogP contribution in [0.2, 0.25) is 0 Å². The minimum absolute atomic E-state index is 0. The predicted molar refractivity (Wildman–Crippen MR) is 45.0 cm³/mol. The largest absolute Gasteiger partial charge is 1.00 e. The van der Waals surface area contributed by atoms with Crippen molar-refractivity contribution in [3.63, 3.8) is 0 Å². The summed E-state index contributed by atoms with van der Waals surface area (Å²) in [5, 5.41) is 22.2. The smallest absolute Gasteiger partial charge is 0.481 e. The number of carboxylic acids is 3. The average Bonchev–Trinajstić information content (AvgIpc) is 1.54. The molecular formula is C6H15NNa3O6+3. The zero-order chi connectivity index (χ0) is 10.7. The summed E-state index contributed by atoms with van der Waals surface area (Å²) in [6.07, 6.45) is 0. The van der Waals surface area contributed by atoms with Crippen LogP contribution in [-0.2, 0) is 14.4 Å². The fourth-order valence-electron chi connectivity index (χ4n) is 0. The Morgan fingerprint density at radius 3 is 0.625 bits per heavy atom. The van der Waals surface area contributed by atoms with Gasteiger partial charge >= 0.3 is 88.7 Å². The molecule has 80 valence electrons. The Kier molecular flexibility index (Phi) is 97.3. The van der Waals surface area contributed by atoms with Crippen LogP contribution < -0.4 is 94.8 Å². The monoisotopic (exact) mass is 266 g/mol. The summed E-state index contributed by atoms with van der Waals surface area (Å²) in [6, 6.07) is 0. The second-order valence-electron chi connectivity index (χ2n) is 1.56. The van der Waals surface area contributed by atoms with Crippen LogP contribution in [0.5, 0.6) is 0 Å². The number of rotatable bonds is 0. The van der Waals surface area contributed by atoms with Gasteiger partial charge in [-0.1, -0.05) is 0 Å². The quantitative estimate of drug-likeness (QED) is 0.318. The zero-order valence-electron chi connectivity index (χ0n) is 10.8.